The number of nitrogens with zero attached hydrogens (tertiary/aromatic N) is 1. The van der Waals surface area contributed by atoms with Gasteiger partial charge in [0, 0.05) is 17.3 Å². The van der Waals surface area contributed by atoms with Crippen molar-refractivity contribution in [3.63, 3.8) is 0 Å². The van der Waals surface area contributed by atoms with Gasteiger partial charge in [-0.05, 0) is 69.1 Å². The average molecular weight is 603 g/mol. The van der Waals surface area contributed by atoms with Gasteiger partial charge in [-0.1, -0.05) is 18.5 Å². The molecule has 14 heteroatoms. The third-order valence-corrected chi connectivity index (χ3v) is 9.43. The number of benzene rings is 1. The fourth-order valence-electron chi connectivity index (χ4n) is 4.65. The standard InChI is InChI=1S/C25H32ClN2O9PS/c1-15(22(31)35-17-5-3-4-6-17)14-38(33,37-18-9-7-16(26)8-10-18)34-13-19-21(30)25(2,32)23(36-19)28-12-11-20(29)27-24(28)39/h7-12,15,17,19,21,23,30,32H,3-6,13-14H2,1-2H3,(H,27,29,39)/t15-,19-,21+,23-,25?,38+/m1/s1. The second kappa shape index (κ2) is 12.2. The molecule has 1 unspecified atom stereocenters. The van der Waals surface area contributed by atoms with Crippen molar-refractivity contribution in [3.05, 3.63) is 56.7 Å². The van der Waals surface area contributed by atoms with E-state index in [-0.39, 0.29) is 22.8 Å². The number of H-pyrrole nitrogens is 1. The molecular formula is C25H32ClN2O9PS. The van der Waals surface area contributed by atoms with Gasteiger partial charge >= 0.3 is 13.6 Å². The largest absolute Gasteiger partial charge is 0.462 e. The lowest BCUT2D eigenvalue weighted by molar-refractivity contribution is -0.152. The van der Waals surface area contributed by atoms with Crippen LogP contribution in [0.5, 0.6) is 5.75 Å². The number of aliphatic hydroxyl groups excluding tert-OH is 1. The number of carbonyl (C=O) groups excluding carboxylic acids is 1. The summed E-state index contributed by atoms with van der Waals surface area (Å²) >= 11 is 11.1. The molecule has 0 spiro atoms. The van der Waals surface area contributed by atoms with Crippen LogP contribution in [0.25, 0.3) is 0 Å². The van der Waals surface area contributed by atoms with E-state index in [1.165, 1.54) is 35.9 Å². The predicted octanol–water partition coefficient (Wildman–Crippen LogP) is 3.98. The van der Waals surface area contributed by atoms with Crippen LogP contribution in [0.2, 0.25) is 5.02 Å². The minimum Gasteiger partial charge on any atom is -0.462 e. The highest BCUT2D eigenvalue weighted by molar-refractivity contribution is 7.71. The van der Waals surface area contributed by atoms with E-state index >= 15 is 0 Å². The maximum atomic E-state index is 13.9. The highest BCUT2D eigenvalue weighted by Gasteiger charge is 2.53. The number of esters is 1. The van der Waals surface area contributed by atoms with Crippen LogP contribution in [0.15, 0.2) is 41.3 Å². The first-order valence-electron chi connectivity index (χ1n) is 12.6. The zero-order valence-corrected chi connectivity index (χ0v) is 24.0. The molecule has 1 aromatic carbocycles. The van der Waals surface area contributed by atoms with E-state index < -0.39 is 55.7 Å². The first-order chi connectivity index (χ1) is 18.4. The van der Waals surface area contributed by atoms with Gasteiger partial charge in [0.1, 0.15) is 29.7 Å². The summed E-state index contributed by atoms with van der Waals surface area (Å²) in [5.41, 5.74) is -2.28. The molecule has 1 saturated heterocycles. The van der Waals surface area contributed by atoms with Crippen molar-refractivity contribution in [1.82, 2.24) is 9.55 Å². The zero-order chi connectivity index (χ0) is 28.4. The fourth-order valence-corrected chi connectivity index (χ4v) is 6.90. The maximum Gasteiger partial charge on any atom is 0.380 e. The van der Waals surface area contributed by atoms with Crippen molar-refractivity contribution in [2.75, 3.05) is 12.8 Å². The molecule has 0 radical (unpaired) electrons. The molecule has 39 heavy (non-hydrogen) atoms. The number of rotatable bonds is 10. The van der Waals surface area contributed by atoms with E-state index in [0.29, 0.717) is 5.02 Å². The van der Waals surface area contributed by atoms with Crippen LogP contribution in [0.3, 0.4) is 0 Å². The summed E-state index contributed by atoms with van der Waals surface area (Å²) in [6.07, 6.45) is 0.652. The minimum absolute atomic E-state index is 0.0205. The van der Waals surface area contributed by atoms with Gasteiger partial charge in [-0.25, -0.2) is 4.57 Å². The first kappa shape index (κ1) is 29.9. The Kier molecular flexibility index (Phi) is 9.37. The van der Waals surface area contributed by atoms with Crippen LogP contribution in [0, 0.1) is 10.7 Å². The van der Waals surface area contributed by atoms with Gasteiger partial charge in [-0.15, -0.1) is 0 Å². The SMILES string of the molecule is C[C@H](C[P@](=O)(OC[C@H]1O[C@@H](n2ccc(=O)[nH]c2=S)C(C)(O)[C@H]1O)Oc1ccc(Cl)cc1)C(=O)OC1CCCC1. The van der Waals surface area contributed by atoms with Crippen LogP contribution in [-0.2, 0) is 23.4 Å². The van der Waals surface area contributed by atoms with E-state index in [0.717, 1.165) is 25.7 Å². The lowest BCUT2D eigenvalue weighted by atomic mass is 9.96. The number of aromatic amines is 1. The van der Waals surface area contributed by atoms with Crippen LogP contribution >= 0.6 is 31.4 Å². The van der Waals surface area contributed by atoms with Crippen LogP contribution in [0.4, 0.5) is 0 Å². The lowest BCUT2D eigenvalue weighted by Gasteiger charge is -2.28. The normalized spacial score (nSPS) is 27.7. The highest BCUT2D eigenvalue weighted by Crippen LogP contribution is 2.51. The molecular weight excluding hydrogens is 571 g/mol. The molecule has 2 aliphatic rings. The summed E-state index contributed by atoms with van der Waals surface area (Å²) in [4.78, 5) is 26.7. The topological polar surface area (TPSA) is 149 Å². The molecule has 2 aromatic rings. The smallest absolute Gasteiger partial charge is 0.380 e. The van der Waals surface area contributed by atoms with E-state index in [1.54, 1.807) is 19.1 Å². The molecule has 2 fully saturated rings. The number of ether oxygens (including phenoxy) is 2. The van der Waals surface area contributed by atoms with E-state index in [1.807, 2.05) is 0 Å². The molecule has 1 aromatic heterocycles. The third-order valence-electron chi connectivity index (χ3n) is 6.84. The molecule has 1 aliphatic carbocycles. The number of hydrogen-bond donors (Lipinski definition) is 3. The monoisotopic (exact) mass is 602 g/mol. The van der Waals surface area contributed by atoms with Gasteiger partial charge < -0.3 is 24.2 Å². The number of halogens is 1. The van der Waals surface area contributed by atoms with Gasteiger partial charge in [0.2, 0.25) is 0 Å². The third kappa shape index (κ3) is 7.18. The summed E-state index contributed by atoms with van der Waals surface area (Å²) in [6.45, 7) is 2.48. The lowest BCUT2D eigenvalue weighted by Crippen LogP contribution is -2.44. The molecule has 3 N–H and O–H groups in total. The second-order valence-corrected chi connectivity index (χ2v) is 12.9. The summed E-state index contributed by atoms with van der Waals surface area (Å²) in [5.74, 6) is -1.11. The second-order valence-electron chi connectivity index (χ2n) is 10.1. The fraction of sp³-hybridized carbons (Fsp3) is 0.560. The zero-order valence-electron chi connectivity index (χ0n) is 21.5. The van der Waals surface area contributed by atoms with Crippen molar-refractivity contribution in [2.45, 2.75) is 69.7 Å². The molecule has 11 nitrogen and oxygen atoms in total. The van der Waals surface area contributed by atoms with Gasteiger partial charge in [-0.2, -0.15) is 0 Å². The summed E-state index contributed by atoms with van der Waals surface area (Å²) < 4.78 is 38.1. The molecule has 6 atom stereocenters. The van der Waals surface area contributed by atoms with E-state index in [2.05, 4.69) is 4.98 Å². The molecule has 0 amide bonds. The summed E-state index contributed by atoms with van der Waals surface area (Å²) in [5, 5.41) is 22.3. The Morgan fingerprint density at radius 3 is 2.62 bits per heavy atom. The average Bonchev–Trinajstić information content (AvgIpc) is 3.46. The number of hydrogen-bond acceptors (Lipinski definition) is 10. The summed E-state index contributed by atoms with van der Waals surface area (Å²) in [6, 6.07) is 7.33. The van der Waals surface area contributed by atoms with E-state index in [4.69, 9.17) is 42.3 Å². The van der Waals surface area contributed by atoms with Crippen LogP contribution in [-0.4, -0.2) is 62.4 Å². The van der Waals surface area contributed by atoms with Crippen molar-refractivity contribution in [2.24, 2.45) is 5.92 Å². The number of aromatic nitrogens is 2. The number of carbonyl (C=O) groups is 1. The predicted molar refractivity (Wildman–Crippen MR) is 144 cm³/mol. The Balaban J connectivity index is 1.50. The Hall–Kier alpha value is -2.05. The Morgan fingerprint density at radius 2 is 1.97 bits per heavy atom. The number of aliphatic hydroxyl groups is 2. The Bertz CT molecular complexity index is 1330. The molecule has 4 rings (SSSR count). The Labute approximate surface area is 235 Å². The minimum atomic E-state index is -4.03. The van der Waals surface area contributed by atoms with Crippen LogP contribution < -0.4 is 10.1 Å². The van der Waals surface area contributed by atoms with Crippen LogP contribution in [0.1, 0.15) is 45.8 Å². The molecule has 1 aliphatic heterocycles. The first-order valence-corrected chi connectivity index (χ1v) is 15.2. The maximum absolute atomic E-state index is 13.9. The van der Waals surface area contributed by atoms with Crippen molar-refractivity contribution in [3.8, 4) is 5.75 Å². The highest BCUT2D eigenvalue weighted by atomic mass is 35.5. The Morgan fingerprint density at radius 1 is 1.31 bits per heavy atom. The summed E-state index contributed by atoms with van der Waals surface area (Å²) in [7, 11) is -4.03. The van der Waals surface area contributed by atoms with Gasteiger partial charge in [0.05, 0.1) is 18.7 Å². The van der Waals surface area contributed by atoms with Crippen molar-refractivity contribution < 1.29 is 38.1 Å². The number of nitrogens with one attached hydrogen (secondary N) is 1. The van der Waals surface area contributed by atoms with Gasteiger partial charge in [0.25, 0.3) is 5.56 Å². The quantitative estimate of drug-likeness (QED) is 0.207. The molecule has 0 bridgehead atoms. The molecule has 2 heterocycles. The molecule has 1 saturated carbocycles. The van der Waals surface area contributed by atoms with Crippen molar-refractivity contribution >= 4 is 37.4 Å². The van der Waals surface area contributed by atoms with Gasteiger partial charge in [0.15, 0.2) is 11.0 Å². The van der Waals surface area contributed by atoms with Crippen molar-refractivity contribution in [1.29, 1.82) is 0 Å². The van der Waals surface area contributed by atoms with Gasteiger partial charge in [-0.3, -0.25) is 23.7 Å². The van der Waals surface area contributed by atoms with E-state index in [9.17, 15) is 24.4 Å². The molecule has 214 valence electrons.